The fraction of sp³-hybridized carbons (Fsp3) is 0.786. The van der Waals surface area contributed by atoms with Crippen LogP contribution >= 0.6 is 11.3 Å². The van der Waals surface area contributed by atoms with Crippen LogP contribution in [-0.4, -0.2) is 54.8 Å². The van der Waals surface area contributed by atoms with E-state index in [1.54, 1.807) is 18.4 Å². The smallest absolute Gasteiger partial charge is 0.185 e. The summed E-state index contributed by atoms with van der Waals surface area (Å²) in [6.45, 7) is 6.05. The Morgan fingerprint density at radius 3 is 3.00 bits per heavy atom. The maximum absolute atomic E-state index is 9.39. The number of hydrogen-bond donors (Lipinski definition) is 1. The van der Waals surface area contributed by atoms with E-state index in [1.165, 1.54) is 19.4 Å². The van der Waals surface area contributed by atoms with Crippen molar-refractivity contribution >= 4 is 16.5 Å². The number of hydrogen-bond acceptors (Lipinski definition) is 6. The predicted molar refractivity (Wildman–Crippen MR) is 82.3 cm³/mol. The quantitative estimate of drug-likeness (QED) is 0.830. The van der Waals surface area contributed by atoms with E-state index < -0.39 is 0 Å². The maximum atomic E-state index is 9.39. The molecule has 1 aliphatic rings. The van der Waals surface area contributed by atoms with Gasteiger partial charge in [-0.3, -0.25) is 4.90 Å². The van der Waals surface area contributed by atoms with E-state index in [0.717, 1.165) is 28.8 Å². The second-order valence-electron chi connectivity index (χ2n) is 5.26. The molecule has 1 aromatic rings. The largest absolute Gasteiger partial charge is 0.391 e. The minimum absolute atomic E-state index is 0.0364. The Morgan fingerprint density at radius 1 is 1.55 bits per heavy atom. The molecule has 5 nitrogen and oxygen atoms in total. The van der Waals surface area contributed by atoms with E-state index in [0.29, 0.717) is 12.6 Å². The van der Waals surface area contributed by atoms with Gasteiger partial charge in [-0.2, -0.15) is 0 Å². The van der Waals surface area contributed by atoms with Crippen molar-refractivity contribution in [3.63, 3.8) is 0 Å². The summed E-state index contributed by atoms with van der Waals surface area (Å²) in [6, 6.07) is 0.623. The van der Waals surface area contributed by atoms with Crippen LogP contribution in [0.1, 0.15) is 30.3 Å². The zero-order chi connectivity index (χ0) is 14.5. The van der Waals surface area contributed by atoms with Gasteiger partial charge in [-0.15, -0.1) is 0 Å². The van der Waals surface area contributed by atoms with Crippen LogP contribution in [0.2, 0.25) is 0 Å². The molecule has 0 radical (unpaired) electrons. The monoisotopic (exact) mass is 299 g/mol. The van der Waals surface area contributed by atoms with Crippen molar-refractivity contribution in [3.05, 3.63) is 10.6 Å². The Bertz CT molecular complexity index is 425. The third-order valence-corrected chi connectivity index (χ3v) is 5.10. The van der Waals surface area contributed by atoms with Crippen molar-refractivity contribution in [2.24, 2.45) is 0 Å². The Balaban J connectivity index is 2.03. The molecule has 1 fully saturated rings. The van der Waals surface area contributed by atoms with Gasteiger partial charge in [0.05, 0.1) is 23.8 Å². The van der Waals surface area contributed by atoms with Crippen LogP contribution in [0.25, 0.3) is 0 Å². The number of aromatic nitrogens is 1. The molecule has 6 heteroatoms. The Morgan fingerprint density at radius 2 is 2.35 bits per heavy atom. The summed E-state index contributed by atoms with van der Waals surface area (Å²) in [5, 5.41) is 10.4. The molecule has 0 aliphatic carbocycles. The van der Waals surface area contributed by atoms with Crippen LogP contribution in [0.5, 0.6) is 0 Å². The Hall–Kier alpha value is -0.690. The number of likely N-dealkylation sites (N-methyl/N-ethyl adjacent to an activating group) is 2. The number of aliphatic hydroxyl groups is 1. The molecule has 2 rings (SSSR count). The lowest BCUT2D eigenvalue weighted by molar-refractivity contribution is 0.179. The van der Waals surface area contributed by atoms with Gasteiger partial charge in [-0.25, -0.2) is 4.98 Å². The first-order valence-electron chi connectivity index (χ1n) is 7.23. The predicted octanol–water partition coefficient (Wildman–Crippen LogP) is 1.70. The van der Waals surface area contributed by atoms with Crippen molar-refractivity contribution in [2.45, 2.75) is 39.0 Å². The average Bonchev–Trinajstić information content (AvgIpc) is 3.05. The fourth-order valence-corrected chi connectivity index (χ4v) is 3.71. The summed E-state index contributed by atoms with van der Waals surface area (Å²) in [7, 11) is 3.74. The molecule has 2 heterocycles. The van der Waals surface area contributed by atoms with Crippen molar-refractivity contribution < 1.29 is 9.84 Å². The maximum Gasteiger partial charge on any atom is 0.185 e. The van der Waals surface area contributed by atoms with Gasteiger partial charge in [0.1, 0.15) is 0 Å². The summed E-state index contributed by atoms with van der Waals surface area (Å²) in [4.78, 5) is 10.3. The SMILES string of the molecule is CCN1CCCC1CN(C)c1nc(COC)c(CO)s1. The van der Waals surface area contributed by atoms with Crippen molar-refractivity contribution in [1.82, 2.24) is 9.88 Å². The number of aliphatic hydroxyl groups excluding tert-OH is 1. The highest BCUT2D eigenvalue weighted by molar-refractivity contribution is 7.15. The molecule has 0 amide bonds. The number of nitrogens with zero attached hydrogens (tertiary/aromatic N) is 3. The minimum atomic E-state index is 0.0364. The van der Waals surface area contributed by atoms with Gasteiger partial charge in [0.2, 0.25) is 0 Å². The molecular formula is C14H25N3O2S. The summed E-state index contributed by atoms with van der Waals surface area (Å²) >= 11 is 1.57. The van der Waals surface area contributed by atoms with Gasteiger partial charge >= 0.3 is 0 Å². The van der Waals surface area contributed by atoms with Gasteiger partial charge < -0.3 is 14.7 Å². The first kappa shape index (κ1) is 15.7. The second-order valence-corrected chi connectivity index (χ2v) is 6.32. The van der Waals surface area contributed by atoms with Gasteiger partial charge in [-0.05, 0) is 25.9 Å². The zero-order valence-corrected chi connectivity index (χ0v) is 13.4. The van der Waals surface area contributed by atoms with E-state index in [4.69, 9.17) is 4.74 Å². The molecule has 1 aromatic heterocycles. The first-order valence-corrected chi connectivity index (χ1v) is 8.04. The summed E-state index contributed by atoms with van der Waals surface area (Å²) < 4.78 is 5.14. The lowest BCUT2D eigenvalue weighted by Crippen LogP contribution is -2.38. The normalized spacial score (nSPS) is 19.7. The number of thiazole rings is 1. The number of ether oxygens (including phenoxy) is 1. The van der Waals surface area contributed by atoms with Crippen LogP contribution in [0.4, 0.5) is 5.13 Å². The van der Waals surface area contributed by atoms with Crippen LogP contribution in [-0.2, 0) is 18.0 Å². The van der Waals surface area contributed by atoms with Crippen molar-refractivity contribution in [2.75, 3.05) is 38.7 Å². The highest BCUT2D eigenvalue weighted by Gasteiger charge is 2.25. The van der Waals surface area contributed by atoms with Crippen LogP contribution in [0.15, 0.2) is 0 Å². The zero-order valence-electron chi connectivity index (χ0n) is 12.6. The van der Waals surface area contributed by atoms with Crippen LogP contribution < -0.4 is 4.90 Å². The van der Waals surface area contributed by atoms with E-state index in [1.807, 2.05) is 0 Å². The van der Waals surface area contributed by atoms with Crippen molar-refractivity contribution in [1.29, 1.82) is 0 Å². The standard InChI is InChI=1S/C14H25N3O2S/c1-4-17-7-5-6-11(17)8-16(2)14-15-12(10-19-3)13(9-18)20-14/h11,18H,4-10H2,1-3H3. The van der Waals surface area contributed by atoms with E-state index in [-0.39, 0.29) is 6.61 Å². The average molecular weight is 299 g/mol. The summed E-state index contributed by atoms with van der Waals surface area (Å²) in [6.07, 6.45) is 2.56. The molecular weight excluding hydrogens is 274 g/mol. The van der Waals surface area contributed by atoms with Gasteiger partial charge in [0, 0.05) is 26.7 Å². The molecule has 1 unspecified atom stereocenters. The fourth-order valence-electron chi connectivity index (χ4n) is 2.82. The molecule has 114 valence electrons. The number of rotatable bonds is 7. The molecule has 0 spiro atoms. The molecule has 1 atom stereocenters. The molecule has 1 N–H and O–H groups in total. The van der Waals surface area contributed by atoms with E-state index in [9.17, 15) is 5.11 Å². The minimum Gasteiger partial charge on any atom is -0.391 e. The van der Waals surface area contributed by atoms with Gasteiger partial charge in [0.15, 0.2) is 5.13 Å². The highest BCUT2D eigenvalue weighted by Crippen LogP contribution is 2.28. The van der Waals surface area contributed by atoms with Crippen molar-refractivity contribution in [3.8, 4) is 0 Å². The molecule has 0 saturated carbocycles. The van der Waals surface area contributed by atoms with Crippen LogP contribution in [0, 0.1) is 0 Å². The molecule has 1 saturated heterocycles. The molecule has 1 aliphatic heterocycles. The number of methoxy groups -OCH3 is 1. The molecule has 0 aromatic carbocycles. The van der Waals surface area contributed by atoms with Gasteiger partial charge in [0.25, 0.3) is 0 Å². The highest BCUT2D eigenvalue weighted by atomic mass is 32.1. The van der Waals surface area contributed by atoms with E-state index >= 15 is 0 Å². The lowest BCUT2D eigenvalue weighted by Gasteiger charge is -2.27. The Labute approximate surface area is 125 Å². The first-order chi connectivity index (χ1) is 9.69. The Kier molecular flexibility index (Phi) is 5.77. The third kappa shape index (κ3) is 3.49. The topological polar surface area (TPSA) is 48.8 Å². The molecule has 20 heavy (non-hydrogen) atoms. The summed E-state index contributed by atoms with van der Waals surface area (Å²) in [5.41, 5.74) is 0.862. The number of likely N-dealkylation sites (tertiary alicyclic amines) is 1. The van der Waals surface area contributed by atoms with E-state index in [2.05, 4.69) is 28.8 Å². The van der Waals surface area contributed by atoms with Gasteiger partial charge in [-0.1, -0.05) is 18.3 Å². The second kappa shape index (κ2) is 7.36. The lowest BCUT2D eigenvalue weighted by atomic mass is 10.2. The number of anilines is 1. The summed E-state index contributed by atoms with van der Waals surface area (Å²) in [5.74, 6) is 0. The molecule has 0 bridgehead atoms. The third-order valence-electron chi connectivity index (χ3n) is 3.91. The van der Waals surface area contributed by atoms with Crippen LogP contribution in [0.3, 0.4) is 0 Å².